The molecule has 6 heavy (non-hydrogen) atoms. The van der Waals surface area contributed by atoms with Gasteiger partial charge in [0.25, 0.3) is 0 Å². The van der Waals surface area contributed by atoms with Crippen LogP contribution < -0.4 is 0 Å². The first kappa shape index (κ1) is 6.96. The summed E-state index contributed by atoms with van der Waals surface area (Å²) >= 11 is 6.78. The van der Waals surface area contributed by atoms with Gasteiger partial charge in [0, 0.05) is 9.65 Å². The standard InChI is InChI=1S/C4H8Br2/c1-3(5)4(2)6/h3-4H,1-2H3/t3-,4-/m1/s1. The first-order valence-electron chi connectivity index (χ1n) is 1.92. The van der Waals surface area contributed by atoms with E-state index in [9.17, 15) is 0 Å². The van der Waals surface area contributed by atoms with Crippen molar-refractivity contribution in [2.45, 2.75) is 23.5 Å². The maximum absolute atomic E-state index is 3.39. The number of rotatable bonds is 1. The minimum absolute atomic E-state index is 0.581. The molecule has 0 nitrogen and oxygen atoms in total. The lowest BCUT2D eigenvalue weighted by atomic mass is 10.4. The van der Waals surface area contributed by atoms with Gasteiger partial charge in [0.05, 0.1) is 0 Å². The van der Waals surface area contributed by atoms with Crippen LogP contribution in [0.5, 0.6) is 0 Å². The van der Waals surface area contributed by atoms with Crippen LogP contribution in [0.25, 0.3) is 0 Å². The van der Waals surface area contributed by atoms with Crippen molar-refractivity contribution < 1.29 is 0 Å². The SMILES string of the molecule is C[C@@H](Br)[C@@H](C)Br. The highest BCUT2D eigenvalue weighted by Gasteiger charge is 2.00. The number of halogens is 2. The van der Waals surface area contributed by atoms with Crippen LogP contribution in [0, 0.1) is 0 Å². The van der Waals surface area contributed by atoms with Crippen molar-refractivity contribution in [2.24, 2.45) is 0 Å². The van der Waals surface area contributed by atoms with Gasteiger partial charge in [-0.3, -0.25) is 0 Å². The molecule has 0 amide bonds. The molecule has 0 aliphatic carbocycles. The fourth-order valence-corrected chi connectivity index (χ4v) is 0. The van der Waals surface area contributed by atoms with Gasteiger partial charge >= 0.3 is 0 Å². The molecule has 0 heterocycles. The van der Waals surface area contributed by atoms with Crippen LogP contribution in [0.1, 0.15) is 13.8 Å². The highest BCUT2D eigenvalue weighted by Crippen LogP contribution is 2.10. The monoisotopic (exact) mass is 214 g/mol. The lowest BCUT2D eigenvalue weighted by molar-refractivity contribution is 0.959. The van der Waals surface area contributed by atoms with Crippen molar-refractivity contribution in [3.05, 3.63) is 0 Å². The second-order valence-electron chi connectivity index (χ2n) is 1.36. The summed E-state index contributed by atoms with van der Waals surface area (Å²) in [6.45, 7) is 4.22. The molecule has 0 aromatic rings. The Morgan fingerprint density at radius 2 is 1.17 bits per heavy atom. The van der Waals surface area contributed by atoms with E-state index in [0.29, 0.717) is 9.65 Å². The zero-order valence-electron chi connectivity index (χ0n) is 3.91. The Labute approximate surface area is 55.6 Å². The quantitative estimate of drug-likeness (QED) is 0.590. The molecule has 2 heteroatoms. The Morgan fingerprint density at radius 1 is 1.00 bits per heavy atom. The predicted octanol–water partition coefficient (Wildman–Crippen LogP) is 2.55. The molecule has 0 unspecified atom stereocenters. The van der Waals surface area contributed by atoms with E-state index in [1.165, 1.54) is 0 Å². The highest BCUT2D eigenvalue weighted by atomic mass is 79.9. The normalized spacial score (nSPS) is 20.0. The topological polar surface area (TPSA) is 0 Å². The fraction of sp³-hybridized carbons (Fsp3) is 1.00. The van der Waals surface area contributed by atoms with Crippen molar-refractivity contribution in [1.29, 1.82) is 0 Å². The van der Waals surface area contributed by atoms with E-state index in [1.807, 2.05) is 0 Å². The average Bonchev–Trinajstić information content (AvgIpc) is 1.36. The van der Waals surface area contributed by atoms with Crippen molar-refractivity contribution in [3.8, 4) is 0 Å². The maximum Gasteiger partial charge on any atom is 0.0240 e. The van der Waals surface area contributed by atoms with Gasteiger partial charge in [-0.15, -0.1) is 0 Å². The Kier molecular flexibility index (Phi) is 3.51. The molecule has 2 atom stereocenters. The van der Waals surface area contributed by atoms with Crippen LogP contribution in [0.4, 0.5) is 0 Å². The molecule has 0 spiro atoms. The summed E-state index contributed by atoms with van der Waals surface area (Å²) < 4.78 is 0. The average molecular weight is 216 g/mol. The van der Waals surface area contributed by atoms with Gasteiger partial charge in [-0.25, -0.2) is 0 Å². The smallest absolute Gasteiger partial charge is 0.0240 e. The van der Waals surface area contributed by atoms with E-state index in [-0.39, 0.29) is 0 Å². The molecule has 0 saturated carbocycles. The van der Waals surface area contributed by atoms with E-state index in [0.717, 1.165) is 0 Å². The molecule has 0 aromatic heterocycles. The van der Waals surface area contributed by atoms with Crippen molar-refractivity contribution in [3.63, 3.8) is 0 Å². The van der Waals surface area contributed by atoms with Crippen LogP contribution in [0.2, 0.25) is 0 Å². The summed E-state index contributed by atoms with van der Waals surface area (Å²) in [5.74, 6) is 0. The molecular weight excluding hydrogens is 208 g/mol. The molecule has 0 saturated heterocycles. The van der Waals surface area contributed by atoms with Crippen LogP contribution in [-0.2, 0) is 0 Å². The minimum Gasteiger partial charge on any atom is -0.0882 e. The third kappa shape index (κ3) is 3.16. The summed E-state index contributed by atoms with van der Waals surface area (Å²) in [4.78, 5) is 1.16. The molecule has 0 bridgehead atoms. The van der Waals surface area contributed by atoms with E-state index in [1.54, 1.807) is 0 Å². The molecular formula is C4H8Br2. The summed E-state index contributed by atoms with van der Waals surface area (Å²) in [7, 11) is 0. The summed E-state index contributed by atoms with van der Waals surface area (Å²) in [6, 6.07) is 0. The lowest BCUT2D eigenvalue weighted by Gasteiger charge is -2.01. The fourth-order valence-electron chi connectivity index (χ4n) is 0. The van der Waals surface area contributed by atoms with E-state index >= 15 is 0 Å². The molecule has 0 aliphatic rings. The van der Waals surface area contributed by atoms with Crippen LogP contribution in [0.3, 0.4) is 0 Å². The van der Waals surface area contributed by atoms with Gasteiger partial charge in [0.1, 0.15) is 0 Å². The van der Waals surface area contributed by atoms with E-state index in [4.69, 9.17) is 0 Å². The van der Waals surface area contributed by atoms with Gasteiger partial charge in [-0.2, -0.15) is 0 Å². The van der Waals surface area contributed by atoms with Gasteiger partial charge < -0.3 is 0 Å². The van der Waals surface area contributed by atoms with Gasteiger partial charge in [-0.1, -0.05) is 45.7 Å². The summed E-state index contributed by atoms with van der Waals surface area (Å²) in [5, 5.41) is 0. The van der Waals surface area contributed by atoms with E-state index < -0.39 is 0 Å². The highest BCUT2D eigenvalue weighted by molar-refractivity contribution is 9.12. The zero-order valence-corrected chi connectivity index (χ0v) is 7.08. The molecule has 0 aliphatic heterocycles. The summed E-state index contributed by atoms with van der Waals surface area (Å²) in [5.41, 5.74) is 0. The van der Waals surface area contributed by atoms with Crippen molar-refractivity contribution in [2.75, 3.05) is 0 Å². The third-order valence-electron chi connectivity index (χ3n) is 0.633. The Balaban J connectivity index is 2.99. The number of hydrogen-bond donors (Lipinski definition) is 0. The zero-order chi connectivity index (χ0) is 5.15. The Hall–Kier alpha value is 0.960. The van der Waals surface area contributed by atoms with Crippen LogP contribution in [0.15, 0.2) is 0 Å². The van der Waals surface area contributed by atoms with Gasteiger partial charge in [0.2, 0.25) is 0 Å². The minimum atomic E-state index is 0.581. The van der Waals surface area contributed by atoms with Gasteiger partial charge in [-0.05, 0) is 0 Å². The first-order chi connectivity index (χ1) is 2.64. The number of hydrogen-bond acceptors (Lipinski definition) is 0. The Bertz CT molecular complexity index is 26.5. The van der Waals surface area contributed by atoms with Crippen LogP contribution >= 0.6 is 31.9 Å². The maximum atomic E-state index is 3.39. The largest absolute Gasteiger partial charge is 0.0882 e. The molecule has 0 aromatic carbocycles. The van der Waals surface area contributed by atoms with Crippen molar-refractivity contribution >= 4 is 31.9 Å². The van der Waals surface area contributed by atoms with Crippen molar-refractivity contribution in [1.82, 2.24) is 0 Å². The molecule has 0 fully saturated rings. The third-order valence-corrected chi connectivity index (χ3v) is 2.93. The number of alkyl halides is 2. The van der Waals surface area contributed by atoms with Crippen LogP contribution in [-0.4, -0.2) is 9.65 Å². The molecule has 0 radical (unpaired) electrons. The lowest BCUT2D eigenvalue weighted by Crippen LogP contribution is -2.02. The van der Waals surface area contributed by atoms with E-state index in [2.05, 4.69) is 45.7 Å². The molecule has 0 N–H and O–H groups in total. The predicted molar refractivity (Wildman–Crippen MR) is 36.8 cm³/mol. The summed E-state index contributed by atoms with van der Waals surface area (Å²) in [6.07, 6.45) is 0. The molecule has 38 valence electrons. The second kappa shape index (κ2) is 3.03. The van der Waals surface area contributed by atoms with Gasteiger partial charge in [0.15, 0.2) is 0 Å². The first-order valence-corrected chi connectivity index (χ1v) is 3.76. The Morgan fingerprint density at radius 3 is 1.17 bits per heavy atom. The molecule has 0 rings (SSSR count). The second-order valence-corrected chi connectivity index (χ2v) is 4.24.